The zero-order valence-corrected chi connectivity index (χ0v) is 18.1. The fourth-order valence-electron chi connectivity index (χ4n) is 3.55. The lowest BCUT2D eigenvalue weighted by Crippen LogP contribution is -2.37. The van der Waals surface area contributed by atoms with E-state index in [1.807, 2.05) is 17.0 Å². The Morgan fingerprint density at radius 1 is 1.03 bits per heavy atom. The number of morpholine rings is 1. The molecule has 1 saturated heterocycles. The number of hydrogen-bond acceptors (Lipinski definition) is 4. The van der Waals surface area contributed by atoms with Gasteiger partial charge in [-0.25, -0.2) is 0 Å². The molecule has 1 aromatic rings. The van der Waals surface area contributed by atoms with E-state index >= 15 is 0 Å². The molecule has 0 aromatic heterocycles. The van der Waals surface area contributed by atoms with Crippen LogP contribution in [0, 0.1) is 0 Å². The largest absolute Gasteiger partial charge is 0.379 e. The molecule has 0 spiro atoms. The van der Waals surface area contributed by atoms with Crippen molar-refractivity contribution in [2.24, 2.45) is 0 Å². The molecule has 1 aliphatic heterocycles. The summed E-state index contributed by atoms with van der Waals surface area (Å²) < 4.78 is 5.38. The van der Waals surface area contributed by atoms with Gasteiger partial charge in [-0.3, -0.25) is 14.5 Å². The van der Waals surface area contributed by atoms with Crippen molar-refractivity contribution in [1.82, 2.24) is 9.80 Å². The summed E-state index contributed by atoms with van der Waals surface area (Å²) in [5.74, 6) is 0.127. The van der Waals surface area contributed by atoms with E-state index in [9.17, 15) is 9.59 Å². The second-order valence-corrected chi connectivity index (χ2v) is 7.68. The number of anilines is 1. The van der Waals surface area contributed by atoms with Gasteiger partial charge < -0.3 is 15.0 Å². The first-order chi connectivity index (χ1) is 14.1. The van der Waals surface area contributed by atoms with E-state index in [-0.39, 0.29) is 11.8 Å². The average Bonchev–Trinajstić information content (AvgIpc) is 2.74. The van der Waals surface area contributed by atoms with Crippen LogP contribution in [0.2, 0.25) is 0 Å². The van der Waals surface area contributed by atoms with Crippen LogP contribution in [0.1, 0.15) is 51.5 Å². The van der Waals surface area contributed by atoms with Crippen molar-refractivity contribution in [3.05, 3.63) is 29.8 Å². The maximum atomic E-state index is 12.3. The Kier molecular flexibility index (Phi) is 10.7. The van der Waals surface area contributed by atoms with Crippen molar-refractivity contribution in [1.29, 1.82) is 0 Å². The van der Waals surface area contributed by atoms with E-state index in [0.717, 1.165) is 70.9 Å². The molecule has 1 fully saturated rings. The monoisotopic (exact) mass is 403 g/mol. The van der Waals surface area contributed by atoms with Crippen molar-refractivity contribution >= 4 is 17.5 Å². The van der Waals surface area contributed by atoms with E-state index < -0.39 is 0 Å². The average molecular weight is 404 g/mol. The summed E-state index contributed by atoms with van der Waals surface area (Å²) in [4.78, 5) is 28.8. The molecule has 6 heteroatoms. The molecule has 0 unspecified atom stereocenters. The molecule has 0 saturated carbocycles. The van der Waals surface area contributed by atoms with Gasteiger partial charge >= 0.3 is 0 Å². The molecule has 162 valence electrons. The van der Waals surface area contributed by atoms with Gasteiger partial charge in [-0.1, -0.05) is 26.0 Å². The summed E-state index contributed by atoms with van der Waals surface area (Å²) in [6.07, 6.45) is 4.34. The lowest BCUT2D eigenvalue weighted by atomic mass is 10.1. The summed E-state index contributed by atoms with van der Waals surface area (Å²) in [6, 6.07) is 8.07. The van der Waals surface area contributed by atoms with Gasteiger partial charge in [0.05, 0.1) is 13.2 Å². The normalized spacial score (nSPS) is 14.6. The zero-order chi connectivity index (χ0) is 20.9. The van der Waals surface area contributed by atoms with Crippen LogP contribution in [0.15, 0.2) is 24.3 Å². The van der Waals surface area contributed by atoms with Crippen molar-refractivity contribution in [3.63, 3.8) is 0 Å². The van der Waals surface area contributed by atoms with Crippen molar-refractivity contribution in [2.45, 2.75) is 52.4 Å². The predicted molar refractivity (Wildman–Crippen MR) is 117 cm³/mol. The Morgan fingerprint density at radius 2 is 1.69 bits per heavy atom. The number of nitrogens with one attached hydrogen (secondary N) is 1. The van der Waals surface area contributed by atoms with E-state index in [1.54, 1.807) is 0 Å². The van der Waals surface area contributed by atoms with Crippen LogP contribution in [-0.4, -0.2) is 67.6 Å². The highest BCUT2D eigenvalue weighted by molar-refractivity contribution is 5.91. The third-order valence-corrected chi connectivity index (χ3v) is 5.19. The van der Waals surface area contributed by atoms with Gasteiger partial charge in [0, 0.05) is 51.3 Å². The Hall–Kier alpha value is -1.92. The number of ether oxygens (including phenoxy) is 1. The molecule has 0 atom stereocenters. The van der Waals surface area contributed by atoms with Gasteiger partial charge in [0.25, 0.3) is 0 Å². The fourth-order valence-corrected chi connectivity index (χ4v) is 3.55. The molecule has 0 radical (unpaired) electrons. The predicted octanol–water partition coefficient (Wildman–Crippen LogP) is 3.32. The summed E-state index contributed by atoms with van der Waals surface area (Å²) in [6.45, 7) is 10.5. The van der Waals surface area contributed by atoms with Gasteiger partial charge in [-0.15, -0.1) is 0 Å². The third kappa shape index (κ3) is 8.96. The molecular formula is C23H37N3O3. The lowest BCUT2D eigenvalue weighted by Gasteiger charge is -2.26. The Labute approximate surface area is 175 Å². The van der Waals surface area contributed by atoms with Crippen molar-refractivity contribution in [2.75, 3.05) is 51.3 Å². The highest BCUT2D eigenvalue weighted by atomic mass is 16.5. The fraction of sp³-hybridized carbons (Fsp3) is 0.652. The summed E-state index contributed by atoms with van der Waals surface area (Å²) >= 11 is 0. The van der Waals surface area contributed by atoms with E-state index in [1.165, 1.54) is 5.56 Å². The van der Waals surface area contributed by atoms with Crippen molar-refractivity contribution < 1.29 is 14.3 Å². The first-order valence-electron chi connectivity index (χ1n) is 11.1. The van der Waals surface area contributed by atoms with Crippen LogP contribution in [-0.2, 0) is 20.7 Å². The molecule has 0 bridgehead atoms. The van der Waals surface area contributed by atoms with Gasteiger partial charge in [0.1, 0.15) is 0 Å². The van der Waals surface area contributed by atoms with Gasteiger partial charge in [-0.2, -0.15) is 0 Å². The SMILES string of the molecule is CCCN(CCC)C(=O)CCCC(=O)Nc1ccc(CCN2CCOCC2)cc1. The molecule has 2 amide bonds. The standard InChI is InChI=1S/C23H37N3O3/c1-3-13-26(14-4-2)23(28)7-5-6-22(27)24-21-10-8-20(9-11-21)12-15-25-16-18-29-19-17-25/h8-11H,3-7,12-19H2,1-2H3,(H,24,27). The Bertz CT molecular complexity index is 606. The first kappa shape index (κ1) is 23.4. The zero-order valence-electron chi connectivity index (χ0n) is 18.1. The van der Waals surface area contributed by atoms with E-state index in [0.29, 0.717) is 19.3 Å². The number of nitrogens with zero attached hydrogens (tertiary/aromatic N) is 2. The Balaban J connectivity index is 1.67. The van der Waals surface area contributed by atoms with Crippen molar-refractivity contribution in [3.8, 4) is 0 Å². The number of carbonyl (C=O) groups is 2. The summed E-state index contributed by atoms with van der Waals surface area (Å²) in [7, 11) is 0. The summed E-state index contributed by atoms with van der Waals surface area (Å²) in [5.41, 5.74) is 2.09. The topological polar surface area (TPSA) is 61.9 Å². The molecule has 6 nitrogen and oxygen atoms in total. The smallest absolute Gasteiger partial charge is 0.224 e. The third-order valence-electron chi connectivity index (χ3n) is 5.19. The molecule has 1 aromatic carbocycles. The highest BCUT2D eigenvalue weighted by Crippen LogP contribution is 2.12. The second kappa shape index (κ2) is 13.3. The molecule has 29 heavy (non-hydrogen) atoms. The van der Waals surface area contributed by atoms with Crippen LogP contribution in [0.25, 0.3) is 0 Å². The van der Waals surface area contributed by atoms with Crippen LogP contribution in [0.3, 0.4) is 0 Å². The molecular weight excluding hydrogens is 366 g/mol. The first-order valence-corrected chi connectivity index (χ1v) is 11.1. The van der Waals surface area contributed by atoms with Crippen LogP contribution >= 0.6 is 0 Å². The highest BCUT2D eigenvalue weighted by Gasteiger charge is 2.13. The minimum atomic E-state index is -0.0311. The lowest BCUT2D eigenvalue weighted by molar-refractivity contribution is -0.131. The molecule has 1 heterocycles. The van der Waals surface area contributed by atoms with E-state index in [4.69, 9.17) is 4.74 Å². The maximum absolute atomic E-state index is 12.3. The minimum absolute atomic E-state index is 0.0311. The molecule has 0 aliphatic carbocycles. The van der Waals surface area contributed by atoms with E-state index in [2.05, 4.69) is 36.2 Å². The van der Waals surface area contributed by atoms with Gasteiger partial charge in [-0.05, 0) is 43.4 Å². The number of carbonyl (C=O) groups excluding carboxylic acids is 2. The quantitative estimate of drug-likeness (QED) is 0.582. The van der Waals surface area contributed by atoms with Crippen LogP contribution < -0.4 is 5.32 Å². The van der Waals surface area contributed by atoms with Crippen LogP contribution in [0.5, 0.6) is 0 Å². The molecule has 2 rings (SSSR count). The van der Waals surface area contributed by atoms with Crippen LogP contribution in [0.4, 0.5) is 5.69 Å². The molecule has 1 aliphatic rings. The number of rotatable bonds is 12. The van der Waals surface area contributed by atoms with Gasteiger partial charge in [0.15, 0.2) is 0 Å². The number of benzene rings is 1. The second-order valence-electron chi connectivity index (χ2n) is 7.68. The number of amides is 2. The Morgan fingerprint density at radius 3 is 2.31 bits per heavy atom. The molecule has 1 N–H and O–H groups in total. The maximum Gasteiger partial charge on any atom is 0.224 e. The summed E-state index contributed by atoms with van der Waals surface area (Å²) in [5, 5.41) is 2.94. The minimum Gasteiger partial charge on any atom is -0.379 e. The number of hydrogen-bond donors (Lipinski definition) is 1. The van der Waals surface area contributed by atoms with Gasteiger partial charge in [0.2, 0.25) is 11.8 Å².